The number of urea groups is 1. The fraction of sp³-hybridized carbons (Fsp3) is 0.400. The molecule has 2 amide bonds. The molecular weight excluding hydrogens is 362 g/mol. The van der Waals surface area contributed by atoms with Crippen molar-refractivity contribution in [3.05, 3.63) is 45.8 Å². The molecule has 2 heterocycles. The van der Waals surface area contributed by atoms with Gasteiger partial charge in [0.25, 0.3) is 0 Å². The molecule has 0 aliphatic carbocycles. The van der Waals surface area contributed by atoms with Crippen LogP contribution in [0.15, 0.2) is 24.3 Å². The minimum atomic E-state index is -0.361. The van der Waals surface area contributed by atoms with Gasteiger partial charge in [-0.1, -0.05) is 17.7 Å². The molecule has 3 N–H and O–H groups in total. The second-order valence-electron chi connectivity index (χ2n) is 6.65. The third-order valence-electron chi connectivity index (χ3n) is 4.75. The van der Waals surface area contributed by atoms with Gasteiger partial charge in [0.2, 0.25) is 0 Å². The van der Waals surface area contributed by atoms with E-state index in [4.69, 9.17) is 4.74 Å². The minimum absolute atomic E-state index is 0.310. The maximum Gasteiger partial charge on any atom is 0.341 e. The summed E-state index contributed by atoms with van der Waals surface area (Å²) < 4.78 is 5.25. The summed E-state index contributed by atoms with van der Waals surface area (Å²) in [5.74, 6) is -0.361. The van der Waals surface area contributed by atoms with Crippen molar-refractivity contribution in [2.75, 3.05) is 30.3 Å². The number of nitrogens with one attached hydrogen (secondary N) is 3. The molecule has 0 saturated carbocycles. The number of amides is 2. The Bertz CT molecular complexity index is 830. The summed E-state index contributed by atoms with van der Waals surface area (Å²) in [6.45, 7) is 9.16. The lowest BCUT2D eigenvalue weighted by atomic mass is 10.0. The van der Waals surface area contributed by atoms with E-state index in [2.05, 4.69) is 17.6 Å². The predicted octanol–water partition coefficient (Wildman–Crippen LogP) is 2.84. The van der Waals surface area contributed by atoms with Gasteiger partial charge < -0.3 is 15.0 Å². The molecular formula is C20H26N3O3S+. The van der Waals surface area contributed by atoms with Crippen LogP contribution in [0.3, 0.4) is 0 Å². The molecule has 6 nitrogen and oxygen atoms in total. The maximum atomic E-state index is 12.5. The normalized spacial score (nSPS) is 15.7. The van der Waals surface area contributed by atoms with E-state index in [1.807, 2.05) is 31.2 Å². The van der Waals surface area contributed by atoms with Crippen LogP contribution >= 0.6 is 11.3 Å². The van der Waals surface area contributed by atoms with E-state index in [0.29, 0.717) is 22.9 Å². The van der Waals surface area contributed by atoms with E-state index in [1.165, 1.54) is 16.2 Å². The Morgan fingerprint density at radius 1 is 1.19 bits per heavy atom. The fourth-order valence-corrected chi connectivity index (χ4v) is 4.55. The number of likely N-dealkylation sites (N-methyl/N-ethyl adjacent to an activating group) is 1. The zero-order chi connectivity index (χ0) is 19.4. The van der Waals surface area contributed by atoms with Crippen LogP contribution in [-0.2, 0) is 17.7 Å². The van der Waals surface area contributed by atoms with Crippen molar-refractivity contribution in [1.82, 2.24) is 0 Å². The van der Waals surface area contributed by atoms with E-state index < -0.39 is 0 Å². The molecule has 0 saturated heterocycles. The molecule has 2 aromatic rings. The number of anilines is 2. The lowest BCUT2D eigenvalue weighted by Gasteiger charge is -2.22. The zero-order valence-electron chi connectivity index (χ0n) is 16.0. The van der Waals surface area contributed by atoms with Crippen LogP contribution < -0.4 is 15.5 Å². The molecule has 1 unspecified atom stereocenters. The van der Waals surface area contributed by atoms with Crippen molar-refractivity contribution in [2.45, 2.75) is 33.7 Å². The van der Waals surface area contributed by atoms with Crippen LogP contribution in [-0.4, -0.2) is 31.7 Å². The Kier molecular flexibility index (Phi) is 6.13. The fourth-order valence-electron chi connectivity index (χ4n) is 3.25. The lowest BCUT2D eigenvalue weighted by Crippen LogP contribution is -3.11. The molecule has 1 aromatic carbocycles. The molecule has 1 aliphatic heterocycles. The number of hydrogen-bond acceptors (Lipinski definition) is 4. The second-order valence-corrected chi connectivity index (χ2v) is 7.76. The van der Waals surface area contributed by atoms with Crippen molar-refractivity contribution in [3.63, 3.8) is 0 Å². The van der Waals surface area contributed by atoms with Gasteiger partial charge in [-0.15, -0.1) is 11.3 Å². The second kappa shape index (κ2) is 8.54. The quantitative estimate of drug-likeness (QED) is 0.690. The van der Waals surface area contributed by atoms with Gasteiger partial charge in [0, 0.05) is 12.1 Å². The number of ether oxygens (including phenoxy) is 1. The van der Waals surface area contributed by atoms with Gasteiger partial charge in [-0.05, 0) is 38.5 Å². The number of aryl methyl sites for hydroxylation is 1. The van der Waals surface area contributed by atoms with Crippen LogP contribution in [0.5, 0.6) is 0 Å². The Hall–Kier alpha value is -2.38. The molecule has 1 aromatic heterocycles. The van der Waals surface area contributed by atoms with Crippen LogP contribution in [0.2, 0.25) is 0 Å². The third-order valence-corrected chi connectivity index (χ3v) is 5.89. The first-order chi connectivity index (χ1) is 13.0. The van der Waals surface area contributed by atoms with Crippen LogP contribution in [0.4, 0.5) is 15.5 Å². The molecule has 144 valence electrons. The number of rotatable bonds is 5. The van der Waals surface area contributed by atoms with E-state index in [9.17, 15) is 9.59 Å². The van der Waals surface area contributed by atoms with Gasteiger partial charge in [-0.25, -0.2) is 9.59 Å². The monoisotopic (exact) mass is 388 g/mol. The summed E-state index contributed by atoms with van der Waals surface area (Å²) in [7, 11) is 0. The highest BCUT2D eigenvalue weighted by molar-refractivity contribution is 7.17. The standard InChI is InChI=1S/C20H25N3O3S/c1-4-23-11-10-15-16(12-23)27-18(17(15)19(24)26-5-2)22-20(25)21-14-8-6-13(3)7-9-14/h6-9H,4-5,10-12H2,1-3H3,(H2,21,22,25)/p+1. The average Bonchev–Trinajstić information content (AvgIpc) is 3.00. The highest BCUT2D eigenvalue weighted by Crippen LogP contribution is 2.35. The number of thiophene rings is 1. The predicted molar refractivity (Wildman–Crippen MR) is 108 cm³/mol. The molecule has 3 rings (SSSR count). The van der Waals surface area contributed by atoms with Crippen molar-refractivity contribution in [2.24, 2.45) is 0 Å². The molecule has 0 radical (unpaired) electrons. The number of quaternary nitrogens is 1. The lowest BCUT2D eigenvalue weighted by molar-refractivity contribution is -0.913. The highest BCUT2D eigenvalue weighted by atomic mass is 32.1. The molecule has 1 aliphatic rings. The maximum absolute atomic E-state index is 12.5. The van der Waals surface area contributed by atoms with Crippen LogP contribution in [0.25, 0.3) is 0 Å². The van der Waals surface area contributed by atoms with Crippen molar-refractivity contribution in [3.8, 4) is 0 Å². The van der Waals surface area contributed by atoms with Crippen LogP contribution in [0, 0.1) is 6.92 Å². The van der Waals surface area contributed by atoms with Crippen molar-refractivity contribution in [1.29, 1.82) is 0 Å². The first-order valence-electron chi connectivity index (χ1n) is 9.31. The summed E-state index contributed by atoms with van der Waals surface area (Å²) >= 11 is 1.48. The van der Waals surface area contributed by atoms with Gasteiger partial charge in [-0.3, -0.25) is 5.32 Å². The van der Waals surface area contributed by atoms with Crippen LogP contribution in [0.1, 0.15) is 40.2 Å². The van der Waals surface area contributed by atoms with E-state index >= 15 is 0 Å². The number of carbonyl (C=O) groups is 2. The number of carbonyl (C=O) groups excluding carboxylic acids is 2. The van der Waals surface area contributed by atoms with Gasteiger partial charge >= 0.3 is 12.0 Å². The summed E-state index contributed by atoms with van der Waals surface area (Å²) in [6.07, 6.45) is 0.824. The first-order valence-corrected chi connectivity index (χ1v) is 10.1. The number of fused-ring (bicyclic) bond motifs is 1. The highest BCUT2D eigenvalue weighted by Gasteiger charge is 2.30. The van der Waals surface area contributed by atoms with Crippen molar-refractivity contribution < 1.29 is 19.2 Å². The zero-order valence-corrected chi connectivity index (χ0v) is 16.8. The topological polar surface area (TPSA) is 71.9 Å². The van der Waals surface area contributed by atoms with Gasteiger partial charge in [0.15, 0.2) is 0 Å². The molecule has 0 bridgehead atoms. The summed E-state index contributed by atoms with van der Waals surface area (Å²) in [5, 5.41) is 6.25. The smallest absolute Gasteiger partial charge is 0.341 e. The number of benzene rings is 1. The van der Waals surface area contributed by atoms with Gasteiger partial charge in [0.1, 0.15) is 11.5 Å². The van der Waals surface area contributed by atoms with E-state index in [0.717, 1.165) is 42.1 Å². The van der Waals surface area contributed by atoms with Gasteiger partial charge in [-0.2, -0.15) is 0 Å². The first kappa shape index (κ1) is 19.4. The minimum Gasteiger partial charge on any atom is -0.462 e. The third kappa shape index (κ3) is 4.48. The summed E-state index contributed by atoms with van der Waals surface area (Å²) in [5.41, 5.74) is 3.38. The average molecular weight is 389 g/mol. The Morgan fingerprint density at radius 2 is 1.93 bits per heavy atom. The van der Waals surface area contributed by atoms with E-state index in [1.54, 1.807) is 6.92 Å². The molecule has 7 heteroatoms. The number of esters is 1. The Balaban J connectivity index is 1.82. The molecule has 0 fully saturated rings. The Morgan fingerprint density at radius 3 is 2.59 bits per heavy atom. The summed E-state index contributed by atoms with van der Waals surface area (Å²) in [4.78, 5) is 27.6. The van der Waals surface area contributed by atoms with Gasteiger partial charge in [0.05, 0.1) is 30.1 Å². The summed E-state index contributed by atoms with van der Waals surface area (Å²) in [6, 6.07) is 7.21. The molecule has 0 spiro atoms. The van der Waals surface area contributed by atoms with Crippen molar-refractivity contribution >= 4 is 34.0 Å². The molecule has 27 heavy (non-hydrogen) atoms. The molecule has 1 atom stereocenters. The van der Waals surface area contributed by atoms with E-state index in [-0.39, 0.29) is 12.0 Å². The largest absolute Gasteiger partial charge is 0.462 e. The SMILES string of the molecule is CCOC(=O)c1c(NC(=O)Nc2ccc(C)cc2)sc2c1CC[NH+](CC)C2. The number of hydrogen-bond donors (Lipinski definition) is 3. The Labute approximate surface area is 163 Å².